The number of ether oxygens (including phenoxy) is 6. The van der Waals surface area contributed by atoms with Crippen LogP contribution in [-0.4, -0.2) is 140 Å². The molecule has 0 aromatic heterocycles. The minimum absolute atomic E-state index is 0.0961. The van der Waals surface area contributed by atoms with Crippen molar-refractivity contribution in [1.82, 2.24) is 10.6 Å². The smallest absolute Gasteiger partial charge is 0.252 e. The predicted octanol–water partition coefficient (Wildman–Crippen LogP) is -4.04. The number of aliphatic hydroxyl groups excluding tert-OH is 2. The molecule has 0 aliphatic rings. The molecule has 14 heteroatoms. The average Bonchev–Trinajstić information content (AvgIpc) is 2.84. The van der Waals surface area contributed by atoms with Gasteiger partial charge in [-0.1, -0.05) is 0 Å². The van der Waals surface area contributed by atoms with Gasteiger partial charge in [0.2, 0.25) is 0 Å². The van der Waals surface area contributed by atoms with Crippen LogP contribution in [0.4, 0.5) is 0 Å². The van der Waals surface area contributed by atoms with E-state index in [0.717, 1.165) is 0 Å². The van der Waals surface area contributed by atoms with Crippen molar-refractivity contribution in [2.75, 3.05) is 105 Å². The molecule has 0 heterocycles. The van der Waals surface area contributed by atoms with Gasteiger partial charge in [-0.3, -0.25) is 9.59 Å². The van der Waals surface area contributed by atoms with Crippen LogP contribution in [0, 0.1) is 0 Å². The van der Waals surface area contributed by atoms with E-state index in [4.69, 9.17) is 39.9 Å². The summed E-state index contributed by atoms with van der Waals surface area (Å²) in [6, 6.07) is 0. The monoisotopic (exact) mass is 498 g/mol. The molecule has 0 saturated carbocycles. The molecule has 34 heavy (non-hydrogen) atoms. The van der Waals surface area contributed by atoms with Crippen LogP contribution in [0.15, 0.2) is 0 Å². The van der Waals surface area contributed by atoms with Crippen LogP contribution >= 0.6 is 0 Å². The fraction of sp³-hybridized carbons (Fsp3) is 0.900. The van der Waals surface area contributed by atoms with Crippen LogP contribution in [0.25, 0.3) is 0 Å². The molecule has 8 N–H and O–H groups in total. The van der Waals surface area contributed by atoms with Gasteiger partial charge in [-0.2, -0.15) is 0 Å². The third kappa shape index (κ3) is 20.0. The molecular weight excluding hydrogens is 456 g/mol. The summed E-state index contributed by atoms with van der Waals surface area (Å²) >= 11 is 0. The zero-order valence-corrected chi connectivity index (χ0v) is 19.8. The van der Waals surface area contributed by atoms with Crippen LogP contribution in [0.3, 0.4) is 0 Å². The molecule has 0 aromatic rings. The van der Waals surface area contributed by atoms with Crippen molar-refractivity contribution in [3.8, 4) is 0 Å². The highest BCUT2D eigenvalue weighted by molar-refractivity contribution is 5.90. The van der Waals surface area contributed by atoms with E-state index in [1.54, 1.807) is 0 Å². The molecule has 0 aliphatic heterocycles. The number of hydrogen-bond acceptors (Lipinski definition) is 12. The lowest BCUT2D eigenvalue weighted by Gasteiger charge is -2.17. The Hall–Kier alpha value is -1.46. The minimum atomic E-state index is -1.91. The second kappa shape index (κ2) is 24.7. The molecule has 2 atom stereocenters. The van der Waals surface area contributed by atoms with E-state index in [2.05, 4.69) is 10.6 Å². The van der Waals surface area contributed by atoms with Gasteiger partial charge < -0.3 is 60.7 Å². The van der Waals surface area contributed by atoms with Crippen LogP contribution in [0.5, 0.6) is 0 Å². The molecule has 0 unspecified atom stereocenters. The van der Waals surface area contributed by atoms with Crippen LogP contribution in [-0.2, 0) is 38.0 Å². The fourth-order valence-corrected chi connectivity index (χ4v) is 2.24. The summed E-state index contributed by atoms with van der Waals surface area (Å²) < 4.78 is 31.3. The summed E-state index contributed by atoms with van der Waals surface area (Å²) in [6.45, 7) is 5.57. The van der Waals surface area contributed by atoms with Gasteiger partial charge in [0.1, 0.15) is 0 Å². The number of amides is 2. The molecule has 0 aromatic carbocycles. The first-order valence-corrected chi connectivity index (χ1v) is 11.3. The van der Waals surface area contributed by atoms with Crippen LogP contribution in [0.2, 0.25) is 0 Å². The quantitative estimate of drug-likeness (QED) is 0.0665. The molecule has 2 amide bonds. The Labute approximate surface area is 200 Å². The fourth-order valence-electron chi connectivity index (χ4n) is 2.24. The van der Waals surface area contributed by atoms with E-state index < -0.39 is 24.0 Å². The Morgan fingerprint density at radius 1 is 0.529 bits per heavy atom. The van der Waals surface area contributed by atoms with Gasteiger partial charge in [0.25, 0.3) is 11.8 Å². The lowest BCUT2D eigenvalue weighted by Crippen LogP contribution is -2.50. The molecule has 0 aliphatic carbocycles. The highest BCUT2D eigenvalue weighted by Gasteiger charge is 2.29. The minimum Gasteiger partial charge on any atom is -0.380 e. The van der Waals surface area contributed by atoms with Crippen molar-refractivity contribution < 1.29 is 48.2 Å². The third-order valence-electron chi connectivity index (χ3n) is 3.94. The van der Waals surface area contributed by atoms with E-state index in [1.165, 1.54) is 0 Å². The summed E-state index contributed by atoms with van der Waals surface area (Å²) in [6.07, 6.45) is -3.82. The SMILES string of the molecule is NCCOCCOCCOCCNC(=O)[C@H](O)[C@@H](O)C(=O)NCCOCCOCCOCCN. The summed E-state index contributed by atoms with van der Waals surface area (Å²) in [5.74, 6) is -1.77. The van der Waals surface area contributed by atoms with E-state index in [1.807, 2.05) is 0 Å². The standard InChI is InChI=1S/C20H42N4O10/c21-1-5-29-9-13-33-15-11-31-7-3-23-19(27)17(25)18(26)20(28)24-4-8-32-12-16-34-14-10-30-6-2-22/h17-18,25-26H,1-16,21-22H2,(H,23,27)(H,24,28)/t17-,18-/m1/s1. The summed E-state index contributed by atoms with van der Waals surface area (Å²) in [5, 5.41) is 24.4. The number of nitrogens with two attached hydrogens (primary N) is 2. The molecule has 0 radical (unpaired) electrons. The topological polar surface area (TPSA) is 206 Å². The van der Waals surface area contributed by atoms with Gasteiger partial charge in [0.15, 0.2) is 12.2 Å². The number of hydrogen-bond donors (Lipinski definition) is 6. The normalized spacial score (nSPS) is 12.9. The lowest BCUT2D eigenvalue weighted by molar-refractivity contribution is -0.146. The predicted molar refractivity (Wildman–Crippen MR) is 121 cm³/mol. The number of rotatable bonds is 25. The molecule has 0 saturated heterocycles. The molecule has 0 rings (SSSR count). The molecular formula is C20H42N4O10. The Kier molecular flexibility index (Phi) is 23.6. The first-order chi connectivity index (χ1) is 16.5. The molecule has 14 nitrogen and oxygen atoms in total. The van der Waals surface area contributed by atoms with Gasteiger partial charge in [-0.25, -0.2) is 0 Å². The Morgan fingerprint density at radius 3 is 1.09 bits per heavy atom. The maximum atomic E-state index is 11.9. The van der Waals surface area contributed by atoms with E-state index >= 15 is 0 Å². The highest BCUT2D eigenvalue weighted by atomic mass is 16.5. The van der Waals surface area contributed by atoms with Crippen molar-refractivity contribution in [2.24, 2.45) is 11.5 Å². The van der Waals surface area contributed by atoms with E-state index in [9.17, 15) is 19.8 Å². The van der Waals surface area contributed by atoms with Crippen molar-refractivity contribution in [3.63, 3.8) is 0 Å². The van der Waals surface area contributed by atoms with E-state index in [-0.39, 0.29) is 26.3 Å². The maximum absolute atomic E-state index is 11.9. The van der Waals surface area contributed by atoms with Crippen molar-refractivity contribution in [3.05, 3.63) is 0 Å². The van der Waals surface area contributed by atoms with Crippen LogP contribution < -0.4 is 22.1 Å². The zero-order chi connectivity index (χ0) is 25.3. The second-order valence-electron chi connectivity index (χ2n) is 6.72. The molecule has 0 fully saturated rings. The maximum Gasteiger partial charge on any atom is 0.252 e. The van der Waals surface area contributed by atoms with Crippen molar-refractivity contribution in [2.45, 2.75) is 12.2 Å². The van der Waals surface area contributed by atoms with Gasteiger partial charge in [-0.05, 0) is 0 Å². The van der Waals surface area contributed by atoms with Crippen molar-refractivity contribution in [1.29, 1.82) is 0 Å². The number of aliphatic hydroxyl groups is 2. The summed E-state index contributed by atoms with van der Waals surface area (Å²) in [4.78, 5) is 23.7. The zero-order valence-electron chi connectivity index (χ0n) is 19.8. The number of nitrogens with one attached hydrogen (secondary N) is 2. The molecule has 202 valence electrons. The van der Waals surface area contributed by atoms with E-state index in [0.29, 0.717) is 79.2 Å². The summed E-state index contributed by atoms with van der Waals surface area (Å²) in [7, 11) is 0. The Bertz CT molecular complexity index is 448. The van der Waals surface area contributed by atoms with Gasteiger partial charge in [0.05, 0.1) is 79.3 Å². The first kappa shape index (κ1) is 32.5. The third-order valence-corrected chi connectivity index (χ3v) is 3.94. The largest absolute Gasteiger partial charge is 0.380 e. The lowest BCUT2D eigenvalue weighted by atomic mass is 10.2. The van der Waals surface area contributed by atoms with Crippen LogP contribution in [0.1, 0.15) is 0 Å². The van der Waals surface area contributed by atoms with Crippen molar-refractivity contribution >= 4 is 11.8 Å². The van der Waals surface area contributed by atoms with Gasteiger partial charge >= 0.3 is 0 Å². The molecule has 0 bridgehead atoms. The number of carbonyl (C=O) groups excluding carboxylic acids is 2. The van der Waals surface area contributed by atoms with Gasteiger partial charge in [-0.15, -0.1) is 0 Å². The number of carbonyl (C=O) groups is 2. The molecule has 0 spiro atoms. The average molecular weight is 499 g/mol. The Morgan fingerprint density at radius 2 is 0.794 bits per heavy atom. The highest BCUT2D eigenvalue weighted by Crippen LogP contribution is 1.94. The first-order valence-electron chi connectivity index (χ1n) is 11.3. The summed E-state index contributed by atoms with van der Waals surface area (Å²) in [5.41, 5.74) is 10.6. The Balaban J connectivity index is 3.63. The second-order valence-corrected chi connectivity index (χ2v) is 6.72. The van der Waals surface area contributed by atoms with Gasteiger partial charge in [0, 0.05) is 26.2 Å².